The number of hydrogen-bond acceptors (Lipinski definition) is 8. The SMILES string of the molecule is CC(C)(Cl)c1ccc(S(=O)(=O)c2ccc(Oc3ccc(S(=O)(=O)c4ccc(OC(C)(C)c5ccc(S(=O)(=O)c6ccc(Cl)cc6)cc5)cc4)cc3)cc2)cc1. The van der Waals surface area contributed by atoms with Crippen LogP contribution in [-0.4, -0.2) is 25.3 Å². The molecule has 6 aromatic carbocycles. The predicted molar refractivity (Wildman–Crippen MR) is 213 cm³/mol. The molecule has 6 aromatic rings. The average Bonchev–Trinajstić information content (AvgIpc) is 3.15. The van der Waals surface area contributed by atoms with E-state index in [9.17, 15) is 25.3 Å². The van der Waals surface area contributed by atoms with Crippen LogP contribution < -0.4 is 9.47 Å². The second-order valence-corrected chi connectivity index (χ2v) is 20.8. The molecule has 0 bridgehead atoms. The Labute approximate surface area is 332 Å². The minimum absolute atomic E-state index is 0.0486. The lowest BCUT2D eigenvalue weighted by Crippen LogP contribution is -2.25. The molecule has 0 saturated carbocycles. The Hall–Kier alpha value is -4.65. The van der Waals surface area contributed by atoms with Crippen LogP contribution in [-0.2, 0) is 40.0 Å². The number of alkyl halides is 1. The summed E-state index contributed by atoms with van der Waals surface area (Å²) in [5.74, 6) is 1.14. The lowest BCUT2D eigenvalue weighted by Gasteiger charge is -2.27. The molecule has 0 atom stereocenters. The summed E-state index contributed by atoms with van der Waals surface area (Å²) in [7, 11) is -11.4. The molecule has 0 amide bonds. The van der Waals surface area contributed by atoms with Crippen LogP contribution in [0.5, 0.6) is 17.2 Å². The van der Waals surface area contributed by atoms with E-state index in [0.29, 0.717) is 27.8 Å². The van der Waals surface area contributed by atoms with Crippen LogP contribution in [0.3, 0.4) is 0 Å². The van der Waals surface area contributed by atoms with Crippen LogP contribution in [0, 0.1) is 0 Å². The number of hydrogen-bond donors (Lipinski definition) is 0. The zero-order valence-electron chi connectivity index (χ0n) is 30.1. The van der Waals surface area contributed by atoms with Crippen molar-refractivity contribution in [3.63, 3.8) is 0 Å². The molecular weight excluding hydrogens is 800 g/mol. The molecule has 0 fully saturated rings. The maximum Gasteiger partial charge on any atom is 0.206 e. The molecule has 0 saturated heterocycles. The van der Waals surface area contributed by atoms with Crippen molar-refractivity contribution < 1.29 is 34.7 Å². The summed E-state index contributed by atoms with van der Waals surface area (Å²) >= 11 is 12.2. The molecule has 8 nitrogen and oxygen atoms in total. The van der Waals surface area contributed by atoms with Gasteiger partial charge in [-0.2, -0.15) is 0 Å². The summed E-state index contributed by atoms with van der Waals surface area (Å²) in [5, 5.41) is 0.438. The fraction of sp³-hybridized carbons (Fsp3) is 0.143. The monoisotopic (exact) mass is 834 g/mol. The number of halogens is 2. The number of ether oxygens (including phenoxy) is 2. The van der Waals surface area contributed by atoms with Crippen molar-refractivity contribution in [1.29, 1.82) is 0 Å². The fourth-order valence-corrected chi connectivity index (χ4v) is 9.67. The van der Waals surface area contributed by atoms with Gasteiger partial charge in [-0.25, -0.2) is 25.3 Å². The minimum Gasteiger partial charge on any atom is -0.483 e. The molecule has 13 heteroatoms. The van der Waals surface area contributed by atoms with Gasteiger partial charge in [0.15, 0.2) is 0 Å². The van der Waals surface area contributed by atoms with Crippen molar-refractivity contribution in [2.45, 2.75) is 67.5 Å². The van der Waals surface area contributed by atoms with Crippen molar-refractivity contribution >= 4 is 52.7 Å². The molecule has 55 heavy (non-hydrogen) atoms. The van der Waals surface area contributed by atoms with Gasteiger partial charge >= 0.3 is 0 Å². The average molecular weight is 836 g/mol. The maximum atomic E-state index is 13.5. The Morgan fingerprint density at radius 3 is 1.00 bits per heavy atom. The van der Waals surface area contributed by atoms with E-state index in [0.717, 1.165) is 5.56 Å². The van der Waals surface area contributed by atoms with Crippen LogP contribution in [0.2, 0.25) is 5.02 Å². The van der Waals surface area contributed by atoms with Crippen molar-refractivity contribution in [3.8, 4) is 17.2 Å². The summed E-state index contributed by atoms with van der Waals surface area (Å²) in [6, 6.07) is 36.7. The van der Waals surface area contributed by atoms with E-state index in [-0.39, 0.29) is 29.4 Å². The van der Waals surface area contributed by atoms with Crippen LogP contribution in [0.4, 0.5) is 0 Å². The highest BCUT2D eigenvalue weighted by Crippen LogP contribution is 2.34. The molecule has 0 aromatic heterocycles. The van der Waals surface area contributed by atoms with Gasteiger partial charge in [0.05, 0.1) is 34.2 Å². The van der Waals surface area contributed by atoms with E-state index in [4.69, 9.17) is 32.7 Å². The van der Waals surface area contributed by atoms with Gasteiger partial charge in [0.25, 0.3) is 0 Å². The van der Waals surface area contributed by atoms with E-state index in [2.05, 4.69) is 0 Å². The van der Waals surface area contributed by atoms with Gasteiger partial charge in [-0.05, 0) is 160 Å². The van der Waals surface area contributed by atoms with Gasteiger partial charge in [0, 0.05) is 5.02 Å². The third-order valence-electron chi connectivity index (χ3n) is 8.85. The third kappa shape index (κ3) is 8.77. The zero-order chi connectivity index (χ0) is 39.8. The standard InChI is InChI=1S/C42H36Cl2O8S3/c1-41(2,44)29-5-17-35(18-6-29)54(47,48)38-23-11-32(12-24-38)51-33-13-25-39(26-14-33)55(49,50)40-27-15-34(16-28-40)52-42(3,4)30-7-19-36(20-8-30)53(45,46)37-21-9-31(43)10-22-37/h5-28H,1-4H3. The smallest absolute Gasteiger partial charge is 0.206 e. The summed E-state index contributed by atoms with van der Waals surface area (Å²) in [6.07, 6.45) is 0. The first-order valence-electron chi connectivity index (χ1n) is 16.8. The van der Waals surface area contributed by atoms with Crippen LogP contribution >= 0.6 is 23.2 Å². The zero-order valence-corrected chi connectivity index (χ0v) is 34.1. The fourth-order valence-electron chi connectivity index (χ4n) is 5.64. The van der Waals surface area contributed by atoms with Gasteiger partial charge in [-0.1, -0.05) is 35.9 Å². The van der Waals surface area contributed by atoms with Crippen molar-refractivity contribution in [2.24, 2.45) is 0 Å². The van der Waals surface area contributed by atoms with Crippen molar-refractivity contribution in [1.82, 2.24) is 0 Å². The van der Waals surface area contributed by atoms with Gasteiger partial charge in [-0.15, -0.1) is 11.6 Å². The van der Waals surface area contributed by atoms with E-state index < -0.39 is 40.0 Å². The lowest BCUT2D eigenvalue weighted by molar-refractivity contribution is 0.108. The minimum atomic E-state index is -3.89. The van der Waals surface area contributed by atoms with E-state index in [1.165, 1.54) is 109 Å². The predicted octanol–water partition coefficient (Wildman–Crippen LogP) is 10.4. The summed E-state index contributed by atoms with van der Waals surface area (Å²) in [6.45, 7) is 7.30. The normalized spacial score (nSPS) is 12.6. The molecule has 6 rings (SSSR count). The van der Waals surface area contributed by atoms with E-state index in [1.54, 1.807) is 36.4 Å². The van der Waals surface area contributed by atoms with Gasteiger partial charge in [0.2, 0.25) is 29.5 Å². The first-order chi connectivity index (χ1) is 25.8. The molecule has 0 unspecified atom stereocenters. The summed E-state index contributed by atoms with van der Waals surface area (Å²) in [5.41, 5.74) is 0.621. The van der Waals surface area contributed by atoms with Gasteiger partial charge < -0.3 is 9.47 Å². The second-order valence-electron chi connectivity index (χ2n) is 13.6. The van der Waals surface area contributed by atoms with E-state index >= 15 is 0 Å². The quantitative estimate of drug-likeness (QED) is 0.112. The highest BCUT2D eigenvalue weighted by Gasteiger charge is 2.26. The van der Waals surface area contributed by atoms with Gasteiger partial charge in [0.1, 0.15) is 22.8 Å². The molecule has 0 heterocycles. The molecular formula is C42H36Cl2O8S3. The molecule has 0 aliphatic carbocycles. The Balaban J connectivity index is 1.09. The van der Waals surface area contributed by atoms with Crippen molar-refractivity contribution in [2.75, 3.05) is 0 Å². The molecule has 0 radical (unpaired) electrons. The molecule has 284 valence electrons. The Kier molecular flexibility index (Phi) is 11.0. The van der Waals surface area contributed by atoms with Gasteiger partial charge in [-0.3, -0.25) is 0 Å². The second kappa shape index (κ2) is 15.1. The highest BCUT2D eigenvalue weighted by molar-refractivity contribution is 7.92. The Morgan fingerprint density at radius 2 is 0.673 bits per heavy atom. The number of rotatable bonds is 12. The topological polar surface area (TPSA) is 121 Å². The first kappa shape index (κ1) is 40.0. The maximum absolute atomic E-state index is 13.5. The highest BCUT2D eigenvalue weighted by atomic mass is 35.5. The van der Waals surface area contributed by atoms with Crippen LogP contribution in [0.25, 0.3) is 0 Å². The number of sulfone groups is 3. The molecule has 0 spiro atoms. The molecule has 0 aliphatic heterocycles. The first-order valence-corrected chi connectivity index (χ1v) is 22.1. The lowest BCUT2D eigenvalue weighted by atomic mass is 9.98. The van der Waals surface area contributed by atoms with Crippen LogP contribution in [0.1, 0.15) is 38.8 Å². The van der Waals surface area contributed by atoms with Crippen LogP contribution in [0.15, 0.2) is 175 Å². The third-order valence-corrected chi connectivity index (χ3v) is 14.7. The molecule has 0 aliphatic rings. The van der Waals surface area contributed by atoms with Crippen molar-refractivity contribution in [3.05, 3.63) is 162 Å². The Morgan fingerprint density at radius 1 is 0.400 bits per heavy atom. The summed E-state index contributed by atoms with van der Waals surface area (Å²) < 4.78 is 91.5. The summed E-state index contributed by atoms with van der Waals surface area (Å²) in [4.78, 5) is -0.0281. The van der Waals surface area contributed by atoms with E-state index in [1.807, 2.05) is 27.7 Å². The largest absolute Gasteiger partial charge is 0.483 e. The Bertz CT molecular complexity index is 2640. The molecule has 0 N–H and O–H groups in total. The number of benzene rings is 6.